The summed E-state index contributed by atoms with van der Waals surface area (Å²) >= 11 is 0. The number of hydrogen-bond donors (Lipinski definition) is 2. The fraction of sp³-hybridized carbons (Fsp3) is 1.00. The van der Waals surface area contributed by atoms with Crippen LogP contribution in [0.5, 0.6) is 0 Å². The molecule has 2 atom stereocenters. The molecular formula is C17H33NO. The molecule has 2 aliphatic rings. The van der Waals surface area contributed by atoms with Gasteiger partial charge in [0.05, 0.1) is 6.10 Å². The maximum atomic E-state index is 10.1. The Morgan fingerprint density at radius 1 is 1.00 bits per heavy atom. The van der Waals surface area contributed by atoms with Crippen LogP contribution in [-0.2, 0) is 0 Å². The quantitative estimate of drug-likeness (QED) is 0.810. The van der Waals surface area contributed by atoms with Crippen molar-refractivity contribution in [2.75, 3.05) is 0 Å². The van der Waals surface area contributed by atoms with Crippen molar-refractivity contribution in [1.29, 1.82) is 0 Å². The third-order valence-corrected chi connectivity index (χ3v) is 5.92. The largest absolute Gasteiger partial charge is 0.392 e. The van der Waals surface area contributed by atoms with Gasteiger partial charge in [0.2, 0.25) is 0 Å². The van der Waals surface area contributed by atoms with E-state index in [2.05, 4.69) is 26.1 Å². The first kappa shape index (κ1) is 15.3. The molecule has 2 fully saturated rings. The minimum atomic E-state index is -0.0986. The molecule has 0 spiro atoms. The standard InChI is InChI=1S/C17H33NO/c1-4-17(2,3)13-9-11-14(12-10-13)18-15-7-5-6-8-16(15)19/h13-16,18-19H,4-12H2,1-3H3. The van der Waals surface area contributed by atoms with E-state index in [1.807, 2.05) is 0 Å². The van der Waals surface area contributed by atoms with Crippen LogP contribution >= 0.6 is 0 Å². The van der Waals surface area contributed by atoms with Crippen LogP contribution < -0.4 is 5.32 Å². The Labute approximate surface area is 119 Å². The molecule has 0 aliphatic heterocycles. The number of aliphatic hydroxyl groups excluding tert-OH is 1. The molecule has 0 heterocycles. The maximum absolute atomic E-state index is 10.1. The Morgan fingerprint density at radius 2 is 1.63 bits per heavy atom. The molecule has 0 bridgehead atoms. The van der Waals surface area contributed by atoms with Crippen LogP contribution in [0.3, 0.4) is 0 Å². The average Bonchev–Trinajstić information content (AvgIpc) is 2.42. The summed E-state index contributed by atoms with van der Waals surface area (Å²) in [4.78, 5) is 0. The lowest BCUT2D eigenvalue weighted by atomic mass is 9.69. The van der Waals surface area contributed by atoms with Gasteiger partial charge >= 0.3 is 0 Å². The Balaban J connectivity index is 1.77. The fourth-order valence-electron chi connectivity index (χ4n) is 3.94. The second-order valence-corrected chi connectivity index (χ2v) is 7.52. The minimum Gasteiger partial charge on any atom is -0.392 e. The first-order valence-electron chi connectivity index (χ1n) is 8.47. The molecule has 0 radical (unpaired) electrons. The molecule has 19 heavy (non-hydrogen) atoms. The van der Waals surface area contributed by atoms with Gasteiger partial charge in [-0.15, -0.1) is 0 Å². The van der Waals surface area contributed by atoms with Gasteiger partial charge < -0.3 is 10.4 Å². The lowest BCUT2D eigenvalue weighted by molar-refractivity contribution is 0.0724. The highest BCUT2D eigenvalue weighted by Crippen LogP contribution is 2.40. The summed E-state index contributed by atoms with van der Waals surface area (Å²) in [5.41, 5.74) is 0.509. The summed E-state index contributed by atoms with van der Waals surface area (Å²) in [6.45, 7) is 7.18. The van der Waals surface area contributed by atoms with Crippen LogP contribution in [-0.4, -0.2) is 23.3 Å². The van der Waals surface area contributed by atoms with Gasteiger partial charge in [0, 0.05) is 12.1 Å². The maximum Gasteiger partial charge on any atom is 0.0693 e. The first-order valence-corrected chi connectivity index (χ1v) is 8.47. The zero-order valence-corrected chi connectivity index (χ0v) is 13.1. The smallest absolute Gasteiger partial charge is 0.0693 e. The molecule has 0 saturated heterocycles. The number of aliphatic hydroxyl groups is 1. The lowest BCUT2D eigenvalue weighted by Gasteiger charge is -2.41. The van der Waals surface area contributed by atoms with Crippen LogP contribution in [0.1, 0.15) is 78.6 Å². The van der Waals surface area contributed by atoms with Gasteiger partial charge in [-0.25, -0.2) is 0 Å². The topological polar surface area (TPSA) is 32.3 Å². The van der Waals surface area contributed by atoms with Gasteiger partial charge in [-0.05, 0) is 49.9 Å². The molecule has 2 saturated carbocycles. The van der Waals surface area contributed by atoms with Crippen LogP contribution in [0.4, 0.5) is 0 Å². The summed E-state index contributed by atoms with van der Waals surface area (Å²) in [6, 6.07) is 1.02. The van der Waals surface area contributed by atoms with Crippen LogP contribution in [0, 0.1) is 11.3 Å². The predicted molar refractivity (Wildman–Crippen MR) is 81.2 cm³/mol. The monoisotopic (exact) mass is 267 g/mol. The van der Waals surface area contributed by atoms with Crippen molar-refractivity contribution in [2.24, 2.45) is 11.3 Å². The van der Waals surface area contributed by atoms with Crippen LogP contribution in [0.15, 0.2) is 0 Å². The fourth-order valence-corrected chi connectivity index (χ4v) is 3.94. The van der Waals surface area contributed by atoms with Gasteiger partial charge in [-0.3, -0.25) is 0 Å². The second-order valence-electron chi connectivity index (χ2n) is 7.52. The number of rotatable bonds is 4. The van der Waals surface area contributed by atoms with Gasteiger partial charge in [0.1, 0.15) is 0 Å². The molecule has 0 aromatic rings. The Hall–Kier alpha value is -0.0800. The van der Waals surface area contributed by atoms with Crippen molar-refractivity contribution in [3.63, 3.8) is 0 Å². The molecule has 112 valence electrons. The number of hydrogen-bond acceptors (Lipinski definition) is 2. The summed E-state index contributed by atoms with van der Waals surface area (Å²) in [5.74, 6) is 0.895. The van der Waals surface area contributed by atoms with Crippen molar-refractivity contribution in [3.05, 3.63) is 0 Å². The van der Waals surface area contributed by atoms with Gasteiger partial charge in [0.15, 0.2) is 0 Å². The van der Waals surface area contributed by atoms with Crippen molar-refractivity contribution in [2.45, 2.75) is 96.7 Å². The third kappa shape index (κ3) is 3.95. The van der Waals surface area contributed by atoms with Crippen LogP contribution in [0.2, 0.25) is 0 Å². The van der Waals surface area contributed by atoms with E-state index < -0.39 is 0 Å². The SMILES string of the molecule is CCC(C)(C)C1CCC(NC2CCCCC2O)CC1. The Bertz CT molecular complexity index is 268. The molecule has 2 unspecified atom stereocenters. The summed E-state index contributed by atoms with van der Waals surface area (Å²) in [5, 5.41) is 13.8. The molecule has 2 aliphatic carbocycles. The molecule has 0 aromatic heterocycles. The van der Waals surface area contributed by atoms with E-state index >= 15 is 0 Å². The van der Waals surface area contributed by atoms with Crippen molar-refractivity contribution in [1.82, 2.24) is 5.32 Å². The van der Waals surface area contributed by atoms with E-state index in [1.165, 1.54) is 51.4 Å². The van der Waals surface area contributed by atoms with E-state index in [9.17, 15) is 5.11 Å². The second kappa shape index (κ2) is 6.58. The average molecular weight is 267 g/mol. The molecule has 2 nitrogen and oxygen atoms in total. The molecule has 0 aromatic carbocycles. The first-order chi connectivity index (χ1) is 9.03. The highest BCUT2D eigenvalue weighted by molar-refractivity contribution is 4.89. The number of nitrogens with one attached hydrogen (secondary N) is 1. The Kier molecular flexibility index (Phi) is 5.30. The van der Waals surface area contributed by atoms with Gasteiger partial charge in [0.25, 0.3) is 0 Å². The van der Waals surface area contributed by atoms with Crippen molar-refractivity contribution < 1.29 is 5.11 Å². The summed E-state index contributed by atoms with van der Waals surface area (Å²) in [6.07, 6.45) is 11.2. The van der Waals surface area contributed by atoms with E-state index in [4.69, 9.17) is 0 Å². The van der Waals surface area contributed by atoms with Crippen molar-refractivity contribution >= 4 is 0 Å². The molecule has 2 heteroatoms. The van der Waals surface area contributed by atoms with E-state index in [0.717, 1.165) is 12.3 Å². The normalized spacial score (nSPS) is 37.3. The van der Waals surface area contributed by atoms with E-state index in [0.29, 0.717) is 17.5 Å². The summed E-state index contributed by atoms with van der Waals surface area (Å²) in [7, 11) is 0. The Morgan fingerprint density at radius 3 is 2.21 bits per heavy atom. The lowest BCUT2D eigenvalue weighted by Crippen LogP contribution is -2.48. The zero-order chi connectivity index (χ0) is 13.9. The third-order valence-electron chi connectivity index (χ3n) is 5.92. The predicted octanol–water partition coefficient (Wildman–Crippen LogP) is 3.87. The van der Waals surface area contributed by atoms with Crippen molar-refractivity contribution in [3.8, 4) is 0 Å². The van der Waals surface area contributed by atoms with Gasteiger partial charge in [-0.2, -0.15) is 0 Å². The highest BCUT2D eigenvalue weighted by Gasteiger charge is 2.33. The molecule has 2 N–H and O–H groups in total. The molecule has 2 rings (SSSR count). The highest BCUT2D eigenvalue weighted by atomic mass is 16.3. The summed E-state index contributed by atoms with van der Waals surface area (Å²) < 4.78 is 0. The van der Waals surface area contributed by atoms with Crippen LogP contribution in [0.25, 0.3) is 0 Å². The molecule has 0 amide bonds. The zero-order valence-electron chi connectivity index (χ0n) is 13.1. The van der Waals surface area contributed by atoms with Gasteiger partial charge in [-0.1, -0.05) is 40.0 Å². The van der Waals surface area contributed by atoms with E-state index in [-0.39, 0.29) is 6.10 Å². The van der Waals surface area contributed by atoms with E-state index in [1.54, 1.807) is 0 Å². The minimum absolute atomic E-state index is 0.0986. The molecular weight excluding hydrogens is 234 g/mol.